The van der Waals surface area contributed by atoms with E-state index in [4.69, 9.17) is 9.47 Å². The molecular weight excluding hydrogens is 374 g/mol. The molecular formula is C21H23N3O5. The van der Waals surface area contributed by atoms with Gasteiger partial charge in [0.1, 0.15) is 11.4 Å². The topological polar surface area (TPSA) is 88.2 Å². The van der Waals surface area contributed by atoms with Crippen molar-refractivity contribution in [1.82, 2.24) is 15.1 Å². The molecule has 8 heteroatoms. The van der Waals surface area contributed by atoms with Crippen LogP contribution in [0.25, 0.3) is 0 Å². The normalized spacial score (nSPS) is 32.5. The summed E-state index contributed by atoms with van der Waals surface area (Å²) in [6, 6.07) is 7.61. The molecule has 4 aliphatic heterocycles. The molecule has 0 saturated carbocycles. The standard InChI is InChI=1S/C21H23N3O5/c1-28-14-4-2-3-13(9-14)10-24-12-21-6-5-15(29-21)17(18(21)20(24)27)19(26)23-8-7-22-16(25)11-23/h2-6,9,15,17-18H,7-8,10-12H2,1H3,(H,22,25)/t15-,17-,18+,21-/m0/s1. The van der Waals surface area contributed by atoms with Crippen molar-refractivity contribution in [1.29, 1.82) is 0 Å². The zero-order valence-corrected chi connectivity index (χ0v) is 16.2. The third-order valence-corrected chi connectivity index (χ3v) is 6.32. The number of hydrogen-bond acceptors (Lipinski definition) is 5. The summed E-state index contributed by atoms with van der Waals surface area (Å²) in [6.45, 7) is 1.78. The Morgan fingerprint density at radius 2 is 2.24 bits per heavy atom. The summed E-state index contributed by atoms with van der Waals surface area (Å²) in [5, 5.41) is 2.73. The van der Waals surface area contributed by atoms with Gasteiger partial charge in [0.25, 0.3) is 0 Å². The predicted octanol–water partition coefficient (Wildman–Crippen LogP) is -0.0644. The van der Waals surface area contributed by atoms with Crippen LogP contribution >= 0.6 is 0 Å². The lowest BCUT2D eigenvalue weighted by Gasteiger charge is -2.32. The van der Waals surface area contributed by atoms with Crippen LogP contribution in [-0.4, -0.2) is 72.5 Å². The number of rotatable bonds is 4. The molecule has 152 valence electrons. The van der Waals surface area contributed by atoms with Gasteiger partial charge in [-0.15, -0.1) is 0 Å². The molecule has 3 fully saturated rings. The third kappa shape index (κ3) is 2.81. The largest absolute Gasteiger partial charge is 0.497 e. The molecule has 0 unspecified atom stereocenters. The molecule has 2 bridgehead atoms. The van der Waals surface area contributed by atoms with E-state index >= 15 is 0 Å². The maximum atomic E-state index is 13.3. The summed E-state index contributed by atoms with van der Waals surface area (Å²) in [4.78, 5) is 41.6. The highest BCUT2D eigenvalue weighted by molar-refractivity contribution is 5.94. The molecule has 0 radical (unpaired) electrons. The van der Waals surface area contributed by atoms with Crippen LogP contribution in [0.3, 0.4) is 0 Å². The second-order valence-corrected chi connectivity index (χ2v) is 8.06. The van der Waals surface area contributed by atoms with Gasteiger partial charge >= 0.3 is 0 Å². The number of nitrogens with one attached hydrogen (secondary N) is 1. The fourth-order valence-corrected chi connectivity index (χ4v) is 5.02. The Labute approximate surface area is 168 Å². The number of carbonyl (C=O) groups excluding carboxylic acids is 3. The van der Waals surface area contributed by atoms with Gasteiger partial charge in [-0.3, -0.25) is 14.4 Å². The molecule has 0 aromatic heterocycles. The van der Waals surface area contributed by atoms with Gasteiger partial charge in [-0.25, -0.2) is 0 Å². The van der Waals surface area contributed by atoms with Gasteiger partial charge in [0.05, 0.1) is 38.1 Å². The SMILES string of the molecule is COc1cccc(CN2C[C@]34C=C[C@H](O3)[C@H](C(=O)N3CCNC(=O)C3)[C@@H]4C2=O)c1. The summed E-state index contributed by atoms with van der Waals surface area (Å²) in [5.41, 5.74) is 0.210. The minimum Gasteiger partial charge on any atom is -0.497 e. The van der Waals surface area contributed by atoms with E-state index in [9.17, 15) is 14.4 Å². The number of amides is 3. The van der Waals surface area contributed by atoms with E-state index in [0.29, 0.717) is 26.2 Å². The zero-order valence-electron chi connectivity index (χ0n) is 16.2. The second kappa shape index (κ2) is 6.59. The Morgan fingerprint density at radius 3 is 3.03 bits per heavy atom. The molecule has 1 spiro atoms. The summed E-state index contributed by atoms with van der Waals surface area (Å²) in [6.07, 6.45) is 3.43. The summed E-state index contributed by atoms with van der Waals surface area (Å²) < 4.78 is 11.4. The summed E-state index contributed by atoms with van der Waals surface area (Å²) in [7, 11) is 1.61. The molecule has 1 N–H and O–H groups in total. The molecule has 1 aromatic carbocycles. The second-order valence-electron chi connectivity index (χ2n) is 8.06. The van der Waals surface area contributed by atoms with Crippen LogP contribution in [0.1, 0.15) is 5.56 Å². The number of fused-ring (bicyclic) bond motifs is 1. The first-order chi connectivity index (χ1) is 14.0. The van der Waals surface area contributed by atoms with Crippen molar-refractivity contribution in [3.05, 3.63) is 42.0 Å². The van der Waals surface area contributed by atoms with E-state index in [-0.39, 0.29) is 24.3 Å². The van der Waals surface area contributed by atoms with Crippen molar-refractivity contribution in [3.8, 4) is 5.75 Å². The van der Waals surface area contributed by atoms with Gasteiger partial charge < -0.3 is 24.6 Å². The minimum atomic E-state index is -0.751. The molecule has 5 rings (SSSR count). The van der Waals surface area contributed by atoms with E-state index in [1.807, 2.05) is 36.4 Å². The quantitative estimate of drug-likeness (QED) is 0.719. The number of nitrogens with zero attached hydrogens (tertiary/aromatic N) is 2. The minimum absolute atomic E-state index is 0.0349. The van der Waals surface area contributed by atoms with Crippen LogP contribution in [0.15, 0.2) is 36.4 Å². The number of piperazine rings is 1. The van der Waals surface area contributed by atoms with Crippen LogP contribution in [0, 0.1) is 11.8 Å². The highest BCUT2D eigenvalue weighted by atomic mass is 16.5. The first-order valence-electron chi connectivity index (χ1n) is 9.85. The molecule has 4 heterocycles. The molecule has 3 amide bonds. The van der Waals surface area contributed by atoms with Crippen LogP contribution in [0.4, 0.5) is 0 Å². The molecule has 3 saturated heterocycles. The van der Waals surface area contributed by atoms with Crippen molar-refractivity contribution >= 4 is 17.7 Å². The Kier molecular flexibility index (Phi) is 4.13. The van der Waals surface area contributed by atoms with Crippen molar-refractivity contribution in [2.24, 2.45) is 11.8 Å². The lowest BCUT2D eigenvalue weighted by Crippen LogP contribution is -2.54. The van der Waals surface area contributed by atoms with Gasteiger partial charge in [0.15, 0.2) is 0 Å². The Balaban J connectivity index is 1.38. The number of benzene rings is 1. The van der Waals surface area contributed by atoms with Crippen LogP contribution in [0.2, 0.25) is 0 Å². The smallest absolute Gasteiger partial charge is 0.239 e. The Hall–Kier alpha value is -2.87. The van der Waals surface area contributed by atoms with E-state index in [1.54, 1.807) is 16.9 Å². The molecule has 8 nitrogen and oxygen atoms in total. The van der Waals surface area contributed by atoms with Gasteiger partial charge in [0.2, 0.25) is 17.7 Å². The summed E-state index contributed by atoms with van der Waals surface area (Å²) >= 11 is 0. The first-order valence-corrected chi connectivity index (χ1v) is 9.85. The Morgan fingerprint density at radius 1 is 1.38 bits per heavy atom. The highest BCUT2D eigenvalue weighted by Crippen LogP contribution is 2.52. The first kappa shape index (κ1) is 18.2. The number of methoxy groups -OCH3 is 1. The highest BCUT2D eigenvalue weighted by Gasteiger charge is 2.67. The Bertz CT molecular complexity index is 915. The lowest BCUT2D eigenvalue weighted by atomic mass is 9.76. The monoisotopic (exact) mass is 397 g/mol. The molecule has 0 aliphatic carbocycles. The number of ether oxygens (including phenoxy) is 2. The maximum Gasteiger partial charge on any atom is 0.239 e. The van der Waals surface area contributed by atoms with Gasteiger partial charge in [-0.2, -0.15) is 0 Å². The zero-order chi connectivity index (χ0) is 20.2. The van der Waals surface area contributed by atoms with Gasteiger partial charge in [-0.05, 0) is 17.7 Å². The number of hydrogen-bond donors (Lipinski definition) is 1. The maximum absolute atomic E-state index is 13.3. The van der Waals surface area contributed by atoms with Crippen molar-refractivity contribution in [2.75, 3.05) is 33.3 Å². The number of likely N-dealkylation sites (tertiary alicyclic amines) is 1. The predicted molar refractivity (Wildman–Crippen MR) is 102 cm³/mol. The van der Waals surface area contributed by atoms with Crippen molar-refractivity contribution in [3.63, 3.8) is 0 Å². The van der Waals surface area contributed by atoms with Crippen LogP contribution in [-0.2, 0) is 25.7 Å². The average molecular weight is 397 g/mol. The van der Waals surface area contributed by atoms with Gasteiger partial charge in [-0.1, -0.05) is 24.3 Å². The third-order valence-electron chi connectivity index (χ3n) is 6.32. The molecule has 4 aliphatic rings. The summed E-state index contributed by atoms with van der Waals surface area (Å²) in [5.74, 6) is -0.788. The average Bonchev–Trinajstić information content (AvgIpc) is 3.36. The van der Waals surface area contributed by atoms with Crippen molar-refractivity contribution < 1.29 is 23.9 Å². The van der Waals surface area contributed by atoms with Crippen molar-refractivity contribution in [2.45, 2.75) is 18.2 Å². The van der Waals surface area contributed by atoms with Gasteiger partial charge in [0, 0.05) is 19.6 Å². The van der Waals surface area contributed by atoms with E-state index in [1.165, 1.54) is 0 Å². The fraction of sp³-hybridized carbons (Fsp3) is 0.476. The lowest BCUT2D eigenvalue weighted by molar-refractivity contribution is -0.146. The van der Waals surface area contributed by atoms with E-state index in [2.05, 4.69) is 5.32 Å². The van der Waals surface area contributed by atoms with Crippen LogP contribution < -0.4 is 10.1 Å². The van der Waals surface area contributed by atoms with Crippen LogP contribution in [0.5, 0.6) is 5.75 Å². The molecule has 29 heavy (non-hydrogen) atoms. The van der Waals surface area contributed by atoms with E-state index < -0.39 is 23.5 Å². The van der Waals surface area contributed by atoms with E-state index in [0.717, 1.165) is 11.3 Å². The molecule has 4 atom stereocenters. The molecule has 1 aromatic rings. The number of carbonyl (C=O) groups is 3. The fourth-order valence-electron chi connectivity index (χ4n) is 5.02.